The number of nitrogens with zero attached hydrogens (tertiary/aromatic N) is 1. The summed E-state index contributed by atoms with van der Waals surface area (Å²) in [5.41, 5.74) is 1.37. The lowest BCUT2D eigenvalue weighted by Crippen LogP contribution is -2.24. The molecule has 0 saturated heterocycles. The minimum atomic E-state index is -0.167. The lowest BCUT2D eigenvalue weighted by atomic mass is 10.0. The molecule has 1 N–H and O–H groups in total. The molecule has 1 unspecified atom stereocenters. The number of aliphatic hydroxyl groups excluding tert-OH is 1. The molecule has 0 aliphatic heterocycles. The molecule has 0 heterocycles. The maximum absolute atomic E-state index is 10.1. The third-order valence-electron chi connectivity index (χ3n) is 4.27. The van der Waals surface area contributed by atoms with Gasteiger partial charge in [0, 0.05) is 6.54 Å². The molecule has 0 aliphatic rings. The van der Waals surface area contributed by atoms with Crippen molar-refractivity contribution in [1.82, 2.24) is 4.90 Å². The van der Waals surface area contributed by atoms with Gasteiger partial charge in [-0.25, -0.2) is 0 Å². The van der Waals surface area contributed by atoms with Crippen LogP contribution in [-0.4, -0.2) is 36.2 Å². The van der Waals surface area contributed by atoms with Crippen molar-refractivity contribution in [3.8, 4) is 0 Å². The Morgan fingerprint density at radius 2 is 1.77 bits per heavy atom. The van der Waals surface area contributed by atoms with Gasteiger partial charge in [-0.3, -0.25) is 0 Å². The first-order chi connectivity index (χ1) is 10.7. The van der Waals surface area contributed by atoms with Gasteiger partial charge in [0.2, 0.25) is 0 Å². The standard InChI is InChI=1S/C20H29NO/c1-3-14-21(2)15-13-20(22)10-6-7-17-11-12-18-8-4-5-9-19(18)16-17/h4-5,8-9,11-12,16,20,22H,3,6-7,10,13-15H2,1-2H3. The maximum Gasteiger partial charge on any atom is 0.0552 e. The van der Waals surface area contributed by atoms with Gasteiger partial charge in [-0.15, -0.1) is 0 Å². The molecular formula is C20H29NO. The number of aliphatic hydroxyl groups is 1. The van der Waals surface area contributed by atoms with E-state index in [1.807, 2.05) is 0 Å². The topological polar surface area (TPSA) is 23.5 Å². The summed E-state index contributed by atoms with van der Waals surface area (Å²) in [6, 6.07) is 15.2. The predicted molar refractivity (Wildman–Crippen MR) is 95.3 cm³/mol. The minimum Gasteiger partial charge on any atom is -0.393 e. The van der Waals surface area contributed by atoms with Gasteiger partial charge in [0.25, 0.3) is 0 Å². The second kappa shape index (κ2) is 8.92. The van der Waals surface area contributed by atoms with E-state index in [1.54, 1.807) is 0 Å². The van der Waals surface area contributed by atoms with E-state index in [2.05, 4.69) is 61.3 Å². The van der Waals surface area contributed by atoms with Gasteiger partial charge >= 0.3 is 0 Å². The fraction of sp³-hybridized carbons (Fsp3) is 0.500. The van der Waals surface area contributed by atoms with Crippen LogP contribution in [0.25, 0.3) is 10.8 Å². The Bertz CT molecular complexity index is 566. The van der Waals surface area contributed by atoms with Crippen LogP contribution in [0.5, 0.6) is 0 Å². The van der Waals surface area contributed by atoms with Crippen molar-refractivity contribution in [2.45, 2.75) is 45.1 Å². The second-order valence-electron chi connectivity index (χ2n) is 6.32. The molecule has 2 nitrogen and oxygen atoms in total. The first-order valence-electron chi connectivity index (χ1n) is 8.53. The van der Waals surface area contributed by atoms with Crippen molar-refractivity contribution in [2.24, 2.45) is 0 Å². The van der Waals surface area contributed by atoms with E-state index in [-0.39, 0.29) is 6.10 Å². The summed E-state index contributed by atoms with van der Waals surface area (Å²) >= 11 is 0. The number of rotatable bonds is 9. The van der Waals surface area contributed by atoms with Crippen molar-refractivity contribution in [3.05, 3.63) is 48.0 Å². The van der Waals surface area contributed by atoms with Gasteiger partial charge in [0.1, 0.15) is 0 Å². The highest BCUT2D eigenvalue weighted by molar-refractivity contribution is 5.82. The number of benzene rings is 2. The van der Waals surface area contributed by atoms with E-state index in [9.17, 15) is 5.11 Å². The fourth-order valence-electron chi connectivity index (χ4n) is 2.94. The van der Waals surface area contributed by atoms with E-state index in [1.165, 1.54) is 22.8 Å². The van der Waals surface area contributed by atoms with Gasteiger partial charge in [0.05, 0.1) is 6.10 Å². The Balaban J connectivity index is 1.72. The summed E-state index contributed by atoms with van der Waals surface area (Å²) in [6.07, 6.45) is 4.89. The van der Waals surface area contributed by atoms with Crippen LogP contribution < -0.4 is 0 Å². The highest BCUT2D eigenvalue weighted by atomic mass is 16.3. The van der Waals surface area contributed by atoms with Crippen LogP contribution in [0.4, 0.5) is 0 Å². The molecule has 0 aromatic heterocycles. The monoisotopic (exact) mass is 299 g/mol. The van der Waals surface area contributed by atoms with Gasteiger partial charge in [-0.2, -0.15) is 0 Å². The van der Waals surface area contributed by atoms with Crippen molar-refractivity contribution in [3.63, 3.8) is 0 Å². The lowest BCUT2D eigenvalue weighted by molar-refractivity contribution is 0.136. The molecule has 2 rings (SSSR count). The molecular weight excluding hydrogens is 270 g/mol. The molecule has 0 amide bonds. The van der Waals surface area contributed by atoms with Crippen LogP contribution in [0.15, 0.2) is 42.5 Å². The van der Waals surface area contributed by atoms with Crippen molar-refractivity contribution in [1.29, 1.82) is 0 Å². The van der Waals surface area contributed by atoms with Crippen molar-refractivity contribution >= 4 is 10.8 Å². The molecule has 2 aromatic carbocycles. The van der Waals surface area contributed by atoms with Gasteiger partial charge in [-0.1, -0.05) is 49.4 Å². The molecule has 120 valence electrons. The molecule has 0 fully saturated rings. The van der Waals surface area contributed by atoms with Crippen LogP contribution in [0, 0.1) is 0 Å². The number of hydrogen-bond donors (Lipinski definition) is 1. The zero-order valence-electron chi connectivity index (χ0n) is 14.0. The van der Waals surface area contributed by atoms with Crippen molar-refractivity contribution < 1.29 is 5.11 Å². The minimum absolute atomic E-state index is 0.167. The predicted octanol–water partition coefficient (Wildman–Crippen LogP) is 4.26. The quantitative estimate of drug-likeness (QED) is 0.748. The Morgan fingerprint density at radius 3 is 2.55 bits per heavy atom. The zero-order valence-corrected chi connectivity index (χ0v) is 14.0. The summed E-state index contributed by atoms with van der Waals surface area (Å²) in [6.45, 7) is 4.30. The Morgan fingerprint density at radius 1 is 1.00 bits per heavy atom. The summed E-state index contributed by atoms with van der Waals surface area (Å²) in [5, 5.41) is 12.7. The van der Waals surface area contributed by atoms with Crippen LogP contribution in [0.2, 0.25) is 0 Å². The molecule has 0 radical (unpaired) electrons. The summed E-state index contributed by atoms with van der Waals surface area (Å²) in [5.74, 6) is 0. The molecule has 0 bridgehead atoms. The fourth-order valence-corrected chi connectivity index (χ4v) is 2.94. The molecule has 0 aliphatic carbocycles. The summed E-state index contributed by atoms with van der Waals surface area (Å²) in [4.78, 5) is 2.30. The molecule has 2 heteroatoms. The van der Waals surface area contributed by atoms with Gasteiger partial charge < -0.3 is 10.0 Å². The normalized spacial score (nSPS) is 12.9. The van der Waals surface area contributed by atoms with E-state index < -0.39 is 0 Å². The maximum atomic E-state index is 10.1. The number of aryl methyl sites for hydroxylation is 1. The molecule has 22 heavy (non-hydrogen) atoms. The Kier molecular flexibility index (Phi) is 6.88. The first kappa shape index (κ1) is 17.0. The third-order valence-corrected chi connectivity index (χ3v) is 4.27. The highest BCUT2D eigenvalue weighted by Gasteiger charge is 2.06. The van der Waals surface area contributed by atoms with Crippen LogP contribution in [0.3, 0.4) is 0 Å². The number of hydrogen-bond acceptors (Lipinski definition) is 2. The average molecular weight is 299 g/mol. The van der Waals surface area contributed by atoms with E-state index in [0.29, 0.717) is 0 Å². The molecule has 0 saturated carbocycles. The van der Waals surface area contributed by atoms with Crippen LogP contribution in [-0.2, 0) is 6.42 Å². The number of fused-ring (bicyclic) bond motifs is 1. The lowest BCUT2D eigenvalue weighted by Gasteiger charge is -2.18. The first-order valence-corrected chi connectivity index (χ1v) is 8.53. The molecule has 0 spiro atoms. The van der Waals surface area contributed by atoms with Gasteiger partial charge in [-0.05, 0) is 62.0 Å². The molecule has 1 atom stereocenters. The summed E-state index contributed by atoms with van der Waals surface area (Å²) < 4.78 is 0. The summed E-state index contributed by atoms with van der Waals surface area (Å²) in [7, 11) is 2.13. The third kappa shape index (κ3) is 5.43. The second-order valence-corrected chi connectivity index (χ2v) is 6.32. The van der Waals surface area contributed by atoms with E-state index >= 15 is 0 Å². The van der Waals surface area contributed by atoms with Crippen molar-refractivity contribution in [2.75, 3.05) is 20.1 Å². The largest absolute Gasteiger partial charge is 0.393 e. The highest BCUT2D eigenvalue weighted by Crippen LogP contribution is 2.17. The SMILES string of the molecule is CCCN(C)CCC(O)CCCc1ccc2ccccc2c1. The zero-order chi connectivity index (χ0) is 15.8. The average Bonchev–Trinajstić information content (AvgIpc) is 2.53. The van der Waals surface area contributed by atoms with Crippen LogP contribution in [0.1, 0.15) is 38.2 Å². The Labute approximate surface area is 134 Å². The van der Waals surface area contributed by atoms with E-state index in [4.69, 9.17) is 0 Å². The smallest absolute Gasteiger partial charge is 0.0552 e. The van der Waals surface area contributed by atoms with Crippen LogP contribution >= 0.6 is 0 Å². The van der Waals surface area contributed by atoms with Gasteiger partial charge in [0.15, 0.2) is 0 Å². The van der Waals surface area contributed by atoms with E-state index in [0.717, 1.165) is 38.8 Å². The molecule has 2 aromatic rings. The Hall–Kier alpha value is -1.38.